The molecule has 0 atom stereocenters. The molecule has 3 heteroatoms. The quantitative estimate of drug-likeness (QED) is 0.673. The highest BCUT2D eigenvalue weighted by Crippen LogP contribution is 2.36. The van der Waals surface area contributed by atoms with E-state index in [2.05, 4.69) is 28.7 Å². The fraction of sp³-hybridized carbons (Fsp3) is 0.737. The molecule has 0 aromatic carbocycles. The van der Waals surface area contributed by atoms with Crippen molar-refractivity contribution < 1.29 is 4.79 Å². The van der Waals surface area contributed by atoms with Crippen molar-refractivity contribution in [2.24, 2.45) is 11.8 Å². The molecular weight excluding hydrogens is 290 g/mol. The van der Waals surface area contributed by atoms with Gasteiger partial charge in [0.05, 0.1) is 0 Å². The maximum absolute atomic E-state index is 13.0. The molecule has 122 valence electrons. The molecular formula is C19H29NOS. The van der Waals surface area contributed by atoms with Gasteiger partial charge in [-0.05, 0) is 66.8 Å². The van der Waals surface area contributed by atoms with Gasteiger partial charge in [-0.3, -0.25) is 4.79 Å². The minimum atomic E-state index is 0.303. The number of carbonyl (C=O) groups is 1. The van der Waals surface area contributed by atoms with Gasteiger partial charge in [-0.2, -0.15) is 11.3 Å². The van der Waals surface area contributed by atoms with Crippen LogP contribution in [0.15, 0.2) is 16.8 Å². The van der Waals surface area contributed by atoms with Crippen LogP contribution in [0.5, 0.6) is 0 Å². The Kier molecular flexibility index (Phi) is 5.56. The maximum atomic E-state index is 13.0. The molecule has 0 unspecified atom stereocenters. The summed E-state index contributed by atoms with van der Waals surface area (Å²) in [6, 6.07) is 2.69. The van der Waals surface area contributed by atoms with Crippen molar-refractivity contribution >= 4 is 17.2 Å². The monoisotopic (exact) mass is 319 g/mol. The highest BCUT2D eigenvalue weighted by molar-refractivity contribution is 7.07. The summed E-state index contributed by atoms with van der Waals surface area (Å²) in [4.78, 5) is 15.1. The molecule has 22 heavy (non-hydrogen) atoms. The molecule has 1 heterocycles. The van der Waals surface area contributed by atoms with Gasteiger partial charge < -0.3 is 4.90 Å². The van der Waals surface area contributed by atoms with Crippen LogP contribution in [0.3, 0.4) is 0 Å². The lowest BCUT2D eigenvalue weighted by atomic mass is 9.79. The van der Waals surface area contributed by atoms with E-state index in [1.165, 1.54) is 50.5 Å². The molecule has 1 aromatic heterocycles. The van der Waals surface area contributed by atoms with Crippen LogP contribution in [0.25, 0.3) is 0 Å². The van der Waals surface area contributed by atoms with Crippen molar-refractivity contribution in [3.05, 3.63) is 22.4 Å². The summed E-state index contributed by atoms with van der Waals surface area (Å²) in [5.74, 6) is 1.63. The van der Waals surface area contributed by atoms with Crippen molar-refractivity contribution in [3.63, 3.8) is 0 Å². The lowest BCUT2D eigenvalue weighted by molar-refractivity contribution is -0.138. The van der Waals surface area contributed by atoms with Crippen molar-refractivity contribution in [1.82, 2.24) is 4.90 Å². The zero-order valence-corrected chi connectivity index (χ0v) is 14.6. The second-order valence-corrected chi connectivity index (χ2v) is 7.97. The summed E-state index contributed by atoms with van der Waals surface area (Å²) >= 11 is 1.73. The van der Waals surface area contributed by atoms with Gasteiger partial charge >= 0.3 is 0 Å². The molecule has 2 saturated carbocycles. The highest BCUT2D eigenvalue weighted by Gasteiger charge is 2.37. The topological polar surface area (TPSA) is 20.3 Å². The van der Waals surface area contributed by atoms with Crippen molar-refractivity contribution in [1.29, 1.82) is 0 Å². The first-order valence-corrected chi connectivity index (χ1v) is 10.0. The summed E-state index contributed by atoms with van der Waals surface area (Å²) in [6.07, 6.45) is 11.2. The van der Waals surface area contributed by atoms with E-state index in [0.717, 1.165) is 25.3 Å². The van der Waals surface area contributed by atoms with Crippen molar-refractivity contribution in [2.45, 2.75) is 77.3 Å². The lowest BCUT2D eigenvalue weighted by Crippen LogP contribution is -2.38. The van der Waals surface area contributed by atoms with Gasteiger partial charge in [0.15, 0.2) is 0 Å². The smallest absolute Gasteiger partial charge is 0.226 e. The second kappa shape index (κ2) is 7.63. The Morgan fingerprint density at radius 1 is 1.23 bits per heavy atom. The molecule has 1 amide bonds. The third-order valence-electron chi connectivity index (χ3n) is 5.37. The van der Waals surface area contributed by atoms with Crippen LogP contribution in [-0.2, 0) is 11.3 Å². The van der Waals surface area contributed by atoms with E-state index in [-0.39, 0.29) is 0 Å². The average Bonchev–Trinajstić information content (AvgIpc) is 3.26. The Labute approximate surface area is 138 Å². The molecule has 1 aromatic rings. The fourth-order valence-electron chi connectivity index (χ4n) is 3.78. The number of hydrogen-bond acceptors (Lipinski definition) is 2. The Bertz CT molecular complexity index is 458. The van der Waals surface area contributed by atoms with Crippen LogP contribution in [-0.4, -0.2) is 16.8 Å². The van der Waals surface area contributed by atoms with Gasteiger partial charge in [-0.15, -0.1) is 0 Å². The SMILES string of the molecule is CCCCC1CCC(C(=O)N(Cc2ccsc2)C2CC2)CC1. The van der Waals surface area contributed by atoms with Gasteiger partial charge in [0.25, 0.3) is 0 Å². The Morgan fingerprint density at radius 3 is 2.59 bits per heavy atom. The Hall–Kier alpha value is -0.830. The molecule has 0 spiro atoms. The zero-order valence-electron chi connectivity index (χ0n) is 13.8. The number of thiophene rings is 1. The van der Waals surface area contributed by atoms with Gasteiger partial charge in [-0.25, -0.2) is 0 Å². The van der Waals surface area contributed by atoms with E-state index in [9.17, 15) is 4.79 Å². The number of nitrogens with zero attached hydrogens (tertiary/aromatic N) is 1. The molecule has 0 saturated heterocycles. The Balaban J connectivity index is 1.53. The highest BCUT2D eigenvalue weighted by atomic mass is 32.1. The van der Waals surface area contributed by atoms with E-state index >= 15 is 0 Å². The van der Waals surface area contributed by atoms with Crippen LogP contribution in [0, 0.1) is 11.8 Å². The first-order valence-electron chi connectivity index (χ1n) is 9.09. The largest absolute Gasteiger partial charge is 0.335 e. The van der Waals surface area contributed by atoms with E-state index in [1.807, 2.05) is 0 Å². The third kappa shape index (κ3) is 4.13. The van der Waals surface area contributed by atoms with Crippen LogP contribution in [0.1, 0.15) is 70.3 Å². The maximum Gasteiger partial charge on any atom is 0.226 e. The molecule has 0 N–H and O–H groups in total. The van der Waals surface area contributed by atoms with E-state index in [1.54, 1.807) is 11.3 Å². The van der Waals surface area contributed by atoms with Crippen molar-refractivity contribution in [3.8, 4) is 0 Å². The summed E-state index contributed by atoms with van der Waals surface area (Å²) in [6.45, 7) is 3.11. The van der Waals surface area contributed by atoms with Crippen molar-refractivity contribution in [2.75, 3.05) is 0 Å². The second-order valence-electron chi connectivity index (χ2n) is 7.19. The summed E-state index contributed by atoms with van der Waals surface area (Å²) in [7, 11) is 0. The molecule has 0 radical (unpaired) electrons. The van der Waals surface area contributed by atoms with E-state index in [4.69, 9.17) is 0 Å². The lowest BCUT2D eigenvalue weighted by Gasteiger charge is -2.32. The number of carbonyl (C=O) groups excluding carboxylic acids is 1. The number of unbranched alkanes of at least 4 members (excludes halogenated alkanes) is 1. The molecule has 2 aliphatic rings. The minimum absolute atomic E-state index is 0.303. The van der Waals surface area contributed by atoms with Crippen LogP contribution in [0.2, 0.25) is 0 Å². The predicted molar refractivity (Wildman–Crippen MR) is 92.9 cm³/mol. The predicted octanol–water partition coefficient (Wildman–Crippen LogP) is 5.24. The molecule has 2 fully saturated rings. The number of hydrogen-bond donors (Lipinski definition) is 0. The first-order chi connectivity index (χ1) is 10.8. The number of amides is 1. The standard InChI is InChI=1S/C19H29NOS/c1-2-3-4-15-5-7-17(8-6-15)19(21)20(18-9-10-18)13-16-11-12-22-14-16/h11-12,14-15,17-18H,2-10,13H2,1H3. The van der Waals surface area contributed by atoms with Crippen LogP contribution in [0.4, 0.5) is 0 Å². The minimum Gasteiger partial charge on any atom is -0.335 e. The number of rotatable bonds is 7. The summed E-state index contributed by atoms with van der Waals surface area (Å²) < 4.78 is 0. The summed E-state index contributed by atoms with van der Waals surface area (Å²) in [5, 5.41) is 4.30. The molecule has 2 nitrogen and oxygen atoms in total. The van der Waals surface area contributed by atoms with Gasteiger partial charge in [0.1, 0.15) is 0 Å². The Morgan fingerprint density at radius 2 is 2.00 bits per heavy atom. The van der Waals surface area contributed by atoms with Crippen LogP contribution < -0.4 is 0 Å². The van der Waals surface area contributed by atoms with Gasteiger partial charge in [0.2, 0.25) is 5.91 Å². The molecule has 2 aliphatic carbocycles. The average molecular weight is 320 g/mol. The molecule has 3 rings (SSSR count). The third-order valence-corrected chi connectivity index (χ3v) is 6.10. The normalized spacial score (nSPS) is 25.1. The zero-order chi connectivity index (χ0) is 15.4. The summed E-state index contributed by atoms with van der Waals surface area (Å²) in [5.41, 5.74) is 1.31. The first kappa shape index (κ1) is 16.0. The van der Waals surface area contributed by atoms with Gasteiger partial charge in [0, 0.05) is 18.5 Å². The van der Waals surface area contributed by atoms with Gasteiger partial charge in [-0.1, -0.05) is 26.2 Å². The molecule has 0 bridgehead atoms. The van der Waals surface area contributed by atoms with E-state index < -0.39 is 0 Å². The van der Waals surface area contributed by atoms with Crippen LogP contribution >= 0.6 is 11.3 Å². The van der Waals surface area contributed by atoms with E-state index in [0.29, 0.717) is 17.9 Å². The molecule has 0 aliphatic heterocycles. The fourth-order valence-corrected chi connectivity index (χ4v) is 4.44.